The summed E-state index contributed by atoms with van der Waals surface area (Å²) in [4.78, 5) is 19.1. The molecule has 334 valence electrons. The average Bonchev–Trinajstić information content (AvgIpc) is 3.79. The highest BCUT2D eigenvalue weighted by Crippen LogP contribution is 2.39. The van der Waals surface area contributed by atoms with Crippen molar-refractivity contribution in [3.05, 3.63) is 148 Å². The van der Waals surface area contributed by atoms with Crippen LogP contribution in [-0.2, 0) is 43.4 Å². The number of fused-ring (bicyclic) bond motifs is 1. The van der Waals surface area contributed by atoms with E-state index >= 15 is 0 Å². The second-order valence-electron chi connectivity index (χ2n) is 16.2. The van der Waals surface area contributed by atoms with Crippen LogP contribution in [0.1, 0.15) is 70.7 Å². The number of nitrogens with one attached hydrogen (secondary N) is 2. The SMILES string of the molecule is CCc1ccc2ccccc2c1Cc1c(CC(Cc2cc[n-]c2)C(O)CC(=O)C(Cc2ccc(OCO)c(OCNCC(C)O)c2)c2cc(O)cc(CNC)c2)ccc(O)c1OC. The lowest BCUT2D eigenvalue weighted by Gasteiger charge is -2.27. The number of aromatic nitrogens is 1. The summed E-state index contributed by atoms with van der Waals surface area (Å²) in [5, 5.41) is 61.9. The third-order valence-electron chi connectivity index (χ3n) is 11.6. The number of phenolic OH excluding ortho intramolecular Hbond substituents is 2. The number of phenols is 2. The molecule has 1 aromatic heterocycles. The fourth-order valence-electron chi connectivity index (χ4n) is 8.49. The molecule has 5 aromatic carbocycles. The van der Waals surface area contributed by atoms with Crippen LogP contribution >= 0.6 is 0 Å². The molecule has 0 aliphatic rings. The lowest BCUT2D eigenvalue weighted by molar-refractivity contribution is -0.123. The Morgan fingerprint density at radius 3 is 2.37 bits per heavy atom. The highest BCUT2D eigenvalue weighted by molar-refractivity contribution is 5.88. The Kier molecular flexibility index (Phi) is 16.6. The molecule has 0 spiro atoms. The van der Waals surface area contributed by atoms with Crippen molar-refractivity contribution in [2.24, 2.45) is 5.92 Å². The molecule has 12 nitrogen and oxygen atoms in total. The van der Waals surface area contributed by atoms with Gasteiger partial charge in [0, 0.05) is 37.4 Å². The van der Waals surface area contributed by atoms with Crippen molar-refractivity contribution in [2.75, 3.05) is 34.2 Å². The van der Waals surface area contributed by atoms with Crippen LogP contribution in [0.5, 0.6) is 28.7 Å². The maximum atomic E-state index is 14.8. The van der Waals surface area contributed by atoms with E-state index in [-0.39, 0.29) is 36.9 Å². The number of hydrogen-bond donors (Lipinski definition) is 7. The molecule has 0 saturated heterocycles. The van der Waals surface area contributed by atoms with Crippen molar-refractivity contribution < 1.29 is 44.5 Å². The highest BCUT2D eigenvalue weighted by atomic mass is 16.6. The summed E-state index contributed by atoms with van der Waals surface area (Å²) < 4.78 is 17.2. The zero-order chi connectivity index (χ0) is 44.9. The Bertz CT molecular complexity index is 2420. The van der Waals surface area contributed by atoms with Gasteiger partial charge in [0.05, 0.1) is 19.3 Å². The predicted molar refractivity (Wildman–Crippen MR) is 244 cm³/mol. The normalized spacial score (nSPS) is 13.4. The molecule has 1 heterocycles. The third kappa shape index (κ3) is 12.2. The minimum absolute atomic E-state index is 0.0174. The van der Waals surface area contributed by atoms with Gasteiger partial charge in [0.2, 0.25) is 0 Å². The third-order valence-corrected chi connectivity index (χ3v) is 11.6. The fraction of sp³-hybridized carbons (Fsp3) is 0.353. The predicted octanol–water partition coefficient (Wildman–Crippen LogP) is 6.47. The number of hydrogen-bond acceptors (Lipinski definition) is 11. The van der Waals surface area contributed by atoms with Crippen LogP contribution in [0, 0.1) is 5.92 Å². The van der Waals surface area contributed by atoms with Gasteiger partial charge in [-0.15, -0.1) is 0 Å². The van der Waals surface area contributed by atoms with E-state index in [0.717, 1.165) is 50.6 Å². The number of rotatable bonds is 24. The topological polar surface area (TPSA) is 184 Å². The first kappa shape index (κ1) is 46.6. The summed E-state index contributed by atoms with van der Waals surface area (Å²) >= 11 is 0. The number of ketones is 1. The van der Waals surface area contributed by atoms with Crippen LogP contribution < -0.4 is 29.8 Å². The van der Waals surface area contributed by atoms with E-state index in [9.17, 15) is 30.3 Å². The standard InChI is InChI=1S/C51H60N3O9/c1-5-36-11-12-37-8-6-7-9-42(37)43(36)25-45-38(13-14-46(58)51(45)61-4)23-40(18-34-16-17-53-29-34)47(59)26-48(60)44(39-19-35(28-52-3)20-41(57)24-39)21-33-10-15-49(63-31-55)50(22-33)62-30-54-27-32(2)56/h6-17,19-20,22,24,29,32,40,44,47,52,54-59H,5,18,21,23,25-28,30-31H2,1-4H3/q-1. The largest absolute Gasteiger partial charge is 0.670 e. The Balaban J connectivity index is 1.35. The molecule has 0 aliphatic heterocycles. The zero-order valence-corrected chi connectivity index (χ0v) is 36.5. The van der Waals surface area contributed by atoms with Gasteiger partial charge in [0.25, 0.3) is 0 Å². The number of aromatic hydroxyl groups is 2. The summed E-state index contributed by atoms with van der Waals surface area (Å²) in [5.41, 5.74) is 7.05. The summed E-state index contributed by atoms with van der Waals surface area (Å²) in [6.07, 6.45) is 3.92. The quantitative estimate of drug-likeness (QED) is 0.0261. The van der Waals surface area contributed by atoms with Crippen LogP contribution in [0.2, 0.25) is 0 Å². The van der Waals surface area contributed by atoms with E-state index < -0.39 is 30.8 Å². The van der Waals surface area contributed by atoms with Crippen LogP contribution in [0.3, 0.4) is 0 Å². The number of benzene rings is 5. The van der Waals surface area contributed by atoms with Gasteiger partial charge < -0.3 is 50.0 Å². The van der Waals surface area contributed by atoms with Gasteiger partial charge in [0.1, 0.15) is 18.3 Å². The van der Waals surface area contributed by atoms with Gasteiger partial charge in [-0.05, 0) is 120 Å². The van der Waals surface area contributed by atoms with Crippen LogP contribution in [-0.4, -0.2) is 77.7 Å². The Morgan fingerprint density at radius 2 is 1.63 bits per heavy atom. The van der Waals surface area contributed by atoms with Crippen molar-refractivity contribution in [1.82, 2.24) is 15.6 Å². The smallest absolute Gasteiger partial charge is 0.186 e. The first-order chi connectivity index (χ1) is 30.5. The molecule has 63 heavy (non-hydrogen) atoms. The Labute approximate surface area is 369 Å². The van der Waals surface area contributed by atoms with E-state index in [1.54, 1.807) is 69.9 Å². The van der Waals surface area contributed by atoms with Crippen molar-refractivity contribution in [3.63, 3.8) is 0 Å². The van der Waals surface area contributed by atoms with Crippen LogP contribution in [0.25, 0.3) is 10.8 Å². The van der Waals surface area contributed by atoms with Crippen molar-refractivity contribution in [1.29, 1.82) is 0 Å². The lowest BCUT2D eigenvalue weighted by Crippen LogP contribution is -2.30. The van der Waals surface area contributed by atoms with E-state index in [1.165, 1.54) is 5.56 Å². The number of aliphatic hydroxyl groups excluding tert-OH is 3. The molecule has 6 aromatic rings. The monoisotopic (exact) mass is 858 g/mol. The maximum Gasteiger partial charge on any atom is 0.186 e. The number of Topliss-reactive ketones (excluding diaryl/α,β-unsaturated/α-hetero) is 1. The number of aryl methyl sites for hydroxylation is 1. The molecular formula is C51H60N3O9-. The van der Waals surface area contributed by atoms with E-state index in [0.29, 0.717) is 55.2 Å². The van der Waals surface area contributed by atoms with E-state index in [2.05, 4.69) is 46.8 Å². The van der Waals surface area contributed by atoms with Gasteiger partial charge in [-0.1, -0.05) is 73.2 Å². The van der Waals surface area contributed by atoms with Gasteiger partial charge in [-0.25, -0.2) is 0 Å². The van der Waals surface area contributed by atoms with Crippen LogP contribution in [0.15, 0.2) is 103 Å². The summed E-state index contributed by atoms with van der Waals surface area (Å²) in [5.74, 6) is -0.406. The van der Waals surface area contributed by atoms with Crippen molar-refractivity contribution in [3.8, 4) is 28.7 Å². The molecule has 4 atom stereocenters. The van der Waals surface area contributed by atoms with E-state index in [4.69, 9.17) is 14.2 Å². The molecular weight excluding hydrogens is 799 g/mol. The second-order valence-corrected chi connectivity index (χ2v) is 16.2. The molecule has 0 fully saturated rings. The first-order valence-corrected chi connectivity index (χ1v) is 21.5. The Morgan fingerprint density at radius 1 is 0.825 bits per heavy atom. The van der Waals surface area contributed by atoms with Crippen molar-refractivity contribution >= 4 is 16.6 Å². The van der Waals surface area contributed by atoms with E-state index in [1.807, 2.05) is 30.3 Å². The molecule has 6 rings (SSSR count). The molecule has 0 amide bonds. The Hall–Kier alpha value is -5.89. The molecule has 0 radical (unpaired) electrons. The minimum atomic E-state index is -1.10. The number of carbonyl (C=O) groups is 1. The number of methoxy groups -OCH3 is 1. The molecule has 12 heteroatoms. The van der Waals surface area contributed by atoms with Gasteiger partial charge in [0.15, 0.2) is 29.8 Å². The number of nitrogens with zero attached hydrogens (tertiary/aromatic N) is 1. The summed E-state index contributed by atoms with van der Waals surface area (Å²) in [6, 6.07) is 28.3. The summed E-state index contributed by atoms with van der Waals surface area (Å²) in [6.45, 7) is 4.03. The molecule has 0 saturated carbocycles. The fourth-order valence-corrected chi connectivity index (χ4v) is 8.49. The molecule has 7 N–H and O–H groups in total. The highest BCUT2D eigenvalue weighted by Gasteiger charge is 2.30. The van der Waals surface area contributed by atoms with Crippen molar-refractivity contribution in [2.45, 2.75) is 77.0 Å². The molecule has 0 aliphatic carbocycles. The minimum Gasteiger partial charge on any atom is -0.670 e. The summed E-state index contributed by atoms with van der Waals surface area (Å²) in [7, 11) is 3.35. The molecule has 4 unspecified atom stereocenters. The first-order valence-electron chi connectivity index (χ1n) is 21.5. The van der Waals surface area contributed by atoms with Gasteiger partial charge >= 0.3 is 0 Å². The maximum absolute atomic E-state index is 14.8. The number of carbonyl (C=O) groups excluding carboxylic acids is 1. The number of aliphatic hydroxyl groups is 3. The number of ether oxygens (including phenoxy) is 3. The second kappa shape index (κ2) is 22.5. The van der Waals surface area contributed by atoms with Gasteiger partial charge in [-0.3, -0.25) is 10.1 Å². The average molecular weight is 859 g/mol. The zero-order valence-electron chi connectivity index (χ0n) is 36.5. The molecule has 0 bridgehead atoms. The lowest BCUT2D eigenvalue weighted by atomic mass is 9.80. The van der Waals surface area contributed by atoms with Gasteiger partial charge in [-0.2, -0.15) is 12.4 Å². The van der Waals surface area contributed by atoms with Crippen LogP contribution in [0.4, 0.5) is 0 Å².